The molecule has 2 aliphatic heterocycles. The Morgan fingerprint density at radius 2 is 0.778 bits per heavy atom. The lowest BCUT2D eigenvalue weighted by Crippen LogP contribution is -2.38. The maximum absolute atomic E-state index is 8.74. The van der Waals surface area contributed by atoms with Gasteiger partial charge in [-0.05, 0) is 87.0 Å². The van der Waals surface area contributed by atoms with Crippen molar-refractivity contribution >= 4 is 20.8 Å². The van der Waals surface area contributed by atoms with E-state index in [1.54, 1.807) is 22.3 Å². The Labute approximate surface area is 266 Å². The molecule has 45 heavy (non-hydrogen) atoms. The smallest absolute Gasteiger partial charge is 0.394 e. The molecule has 2 saturated heterocycles. The molecule has 0 atom stereocenters. The molecule has 0 unspecified atom stereocenters. The molecule has 15 nitrogen and oxygen atoms in total. The van der Waals surface area contributed by atoms with Gasteiger partial charge in [-0.25, -0.2) is 0 Å². The van der Waals surface area contributed by atoms with Crippen molar-refractivity contribution in [2.75, 3.05) is 52.4 Å². The molecule has 0 bridgehead atoms. The van der Waals surface area contributed by atoms with E-state index < -0.39 is 20.8 Å². The van der Waals surface area contributed by atoms with E-state index in [2.05, 4.69) is 69.0 Å². The van der Waals surface area contributed by atoms with Gasteiger partial charge in [0.15, 0.2) is 0 Å². The molecule has 6 rings (SSSR count). The first-order valence-electron chi connectivity index (χ1n) is 14.3. The van der Waals surface area contributed by atoms with Gasteiger partial charge >= 0.3 is 20.8 Å². The molecule has 2 aliphatic carbocycles. The van der Waals surface area contributed by atoms with Gasteiger partial charge in [0.1, 0.15) is 0 Å². The van der Waals surface area contributed by atoms with Crippen LogP contribution in [0.5, 0.6) is 0 Å². The number of benzene rings is 2. The molecule has 2 heterocycles. The molecule has 2 aromatic rings. The van der Waals surface area contributed by atoms with Crippen molar-refractivity contribution in [1.82, 2.24) is 20.4 Å². The second-order valence-corrected chi connectivity index (χ2v) is 12.6. The molecule has 0 spiro atoms. The summed E-state index contributed by atoms with van der Waals surface area (Å²) in [6.45, 7) is 9.68. The third kappa shape index (κ3) is 17.4. The summed E-state index contributed by atoms with van der Waals surface area (Å²) in [6, 6.07) is 19.4. The quantitative estimate of drug-likeness (QED) is 0.211. The van der Waals surface area contributed by atoms with Gasteiger partial charge in [0.25, 0.3) is 0 Å². The van der Waals surface area contributed by atoms with E-state index >= 15 is 0 Å². The fraction of sp³-hybridized carbons (Fsp3) is 0.571. The number of fused-ring (bicyclic) bond motifs is 2. The van der Waals surface area contributed by atoms with E-state index in [1.807, 2.05) is 0 Å². The molecule has 260 valence electrons. The fourth-order valence-corrected chi connectivity index (χ4v) is 6.05. The van der Waals surface area contributed by atoms with Gasteiger partial charge in [0, 0.05) is 38.3 Å². The van der Waals surface area contributed by atoms with E-state index in [-0.39, 0.29) is 16.4 Å². The highest BCUT2D eigenvalue weighted by atomic mass is 32.3. The van der Waals surface area contributed by atoms with Crippen molar-refractivity contribution in [3.63, 3.8) is 0 Å². The zero-order chi connectivity index (χ0) is 30.6. The molecule has 2 aromatic carbocycles. The second-order valence-electron chi connectivity index (χ2n) is 10.8. The lowest BCUT2D eigenvalue weighted by molar-refractivity contribution is 0.215. The van der Waals surface area contributed by atoms with Crippen LogP contribution in [0, 0.1) is 0 Å². The maximum atomic E-state index is 8.74. The summed E-state index contributed by atoms with van der Waals surface area (Å²) in [5.74, 6) is 0. The Morgan fingerprint density at radius 3 is 1.04 bits per heavy atom. The predicted octanol–water partition coefficient (Wildman–Crippen LogP) is -0.881. The lowest BCUT2D eigenvalue weighted by Gasteiger charge is -2.26. The Kier molecular flexibility index (Phi) is 19.9. The van der Waals surface area contributed by atoms with Gasteiger partial charge in [0.05, 0.1) is 0 Å². The first-order chi connectivity index (χ1) is 19.9. The summed E-state index contributed by atoms with van der Waals surface area (Å²) in [4.78, 5) is 5.36. The largest absolute Gasteiger partial charge is 0.412 e. The fourth-order valence-electron chi connectivity index (χ4n) is 6.05. The number of nitrogens with zero attached hydrogens (tertiary/aromatic N) is 2. The summed E-state index contributed by atoms with van der Waals surface area (Å²) < 4.78 is 63.2. The van der Waals surface area contributed by atoms with Crippen LogP contribution < -0.4 is 10.6 Å². The number of rotatable bonds is 2. The topological polar surface area (TPSA) is 274 Å². The summed E-state index contributed by atoms with van der Waals surface area (Å²) in [6.07, 6.45) is 7.64. The van der Waals surface area contributed by atoms with Crippen molar-refractivity contribution in [2.45, 2.75) is 50.6 Å². The van der Waals surface area contributed by atoms with Gasteiger partial charge in [-0.2, -0.15) is 16.8 Å². The van der Waals surface area contributed by atoms with Crippen LogP contribution >= 0.6 is 0 Å². The van der Waals surface area contributed by atoms with Gasteiger partial charge in [0.2, 0.25) is 0 Å². The summed E-state index contributed by atoms with van der Waals surface area (Å²) in [7, 11) is -9.33. The van der Waals surface area contributed by atoms with Crippen LogP contribution in [0.4, 0.5) is 0 Å². The zero-order valence-electron chi connectivity index (χ0n) is 25.3. The van der Waals surface area contributed by atoms with Crippen LogP contribution in [0.1, 0.15) is 35.1 Å². The van der Waals surface area contributed by atoms with E-state index in [9.17, 15) is 0 Å². The number of nitrogens with one attached hydrogen (secondary N) is 2. The highest BCUT2D eigenvalue weighted by Crippen LogP contribution is 2.26. The van der Waals surface area contributed by atoms with Crippen molar-refractivity contribution < 1.29 is 51.5 Å². The normalized spacial score (nSPS) is 18.9. The third-order valence-electron chi connectivity index (χ3n) is 7.84. The van der Waals surface area contributed by atoms with Crippen molar-refractivity contribution in [1.29, 1.82) is 0 Å². The van der Waals surface area contributed by atoms with Gasteiger partial charge < -0.3 is 27.1 Å². The Morgan fingerprint density at radius 1 is 0.511 bits per heavy atom. The highest BCUT2D eigenvalue weighted by molar-refractivity contribution is 7.80. The molecule has 0 aromatic heterocycles. The minimum atomic E-state index is -4.67. The first-order valence-corrected chi connectivity index (χ1v) is 17.1. The molecule has 0 amide bonds. The monoisotopic (exact) mass is 682 g/mol. The molecule has 12 N–H and O–H groups in total. The van der Waals surface area contributed by atoms with E-state index in [4.69, 9.17) is 35.0 Å². The summed E-state index contributed by atoms with van der Waals surface area (Å²) in [5, 5.41) is 6.96. The number of hydrogen-bond donors (Lipinski definition) is 6. The van der Waals surface area contributed by atoms with E-state index in [0.717, 1.165) is 25.2 Å². The third-order valence-corrected chi connectivity index (χ3v) is 7.84. The van der Waals surface area contributed by atoms with Gasteiger partial charge in [-0.3, -0.25) is 28.0 Å². The van der Waals surface area contributed by atoms with Crippen LogP contribution in [0.15, 0.2) is 48.5 Å². The molecular formula is C28H50N4O11S2. The average Bonchev–Trinajstić information content (AvgIpc) is 3.29. The maximum Gasteiger partial charge on any atom is 0.394 e. The minimum Gasteiger partial charge on any atom is -0.412 e. The van der Waals surface area contributed by atoms with Crippen molar-refractivity contribution in [2.24, 2.45) is 0 Å². The predicted molar refractivity (Wildman–Crippen MR) is 173 cm³/mol. The van der Waals surface area contributed by atoms with Crippen LogP contribution in [0.2, 0.25) is 0 Å². The summed E-state index contributed by atoms with van der Waals surface area (Å²) in [5.41, 5.74) is 6.30. The van der Waals surface area contributed by atoms with E-state index in [1.165, 1.54) is 77.8 Å². The Hall–Kier alpha value is -2.10. The van der Waals surface area contributed by atoms with Crippen LogP contribution in [-0.2, 0) is 46.5 Å². The Balaban J connectivity index is 0.000000634. The molecule has 4 aliphatic rings. The lowest BCUT2D eigenvalue weighted by atomic mass is 10.1. The summed E-state index contributed by atoms with van der Waals surface area (Å²) >= 11 is 0. The van der Waals surface area contributed by atoms with E-state index in [0.29, 0.717) is 0 Å². The second kappa shape index (κ2) is 20.9. The standard InChI is InChI=1S/2C14H20N2.2H2O4S.3H2O/c2*1-2-5-13-11-14(10-12(13)4-1)16-8-3-6-15-7-9-16;2*1-5(2,3)4;;;/h2*1-2,4-5,14-15H,3,6-11H2;2*(H2,1,2,3,4);3*1H2. The average molecular weight is 683 g/mol. The zero-order valence-corrected chi connectivity index (χ0v) is 26.9. The van der Waals surface area contributed by atoms with Crippen molar-refractivity contribution in [3.8, 4) is 0 Å². The molecular weight excluding hydrogens is 632 g/mol. The van der Waals surface area contributed by atoms with Crippen LogP contribution in [0.3, 0.4) is 0 Å². The highest BCUT2D eigenvalue weighted by Gasteiger charge is 2.27. The minimum absolute atomic E-state index is 0. The SMILES string of the molecule is O.O.O.O=S(=O)(O)O.O=S(=O)(O)O.c1ccc2c(c1)CC(N1CCCNCC1)C2.c1ccc2c(c1)CC(N1CCCNCC1)C2. The van der Waals surface area contributed by atoms with Crippen LogP contribution in [-0.4, -0.2) is 126 Å². The van der Waals surface area contributed by atoms with Crippen LogP contribution in [0.25, 0.3) is 0 Å². The van der Waals surface area contributed by atoms with Crippen molar-refractivity contribution in [3.05, 3.63) is 70.8 Å². The number of hydrogen-bond acceptors (Lipinski definition) is 8. The first kappa shape index (κ1) is 42.9. The molecule has 0 radical (unpaired) electrons. The molecule has 17 heteroatoms. The Bertz CT molecular complexity index is 1150. The van der Waals surface area contributed by atoms with Gasteiger partial charge in [-0.1, -0.05) is 48.5 Å². The molecule has 0 saturated carbocycles. The molecule has 2 fully saturated rings. The van der Waals surface area contributed by atoms with Gasteiger partial charge in [-0.15, -0.1) is 0 Å².